The summed E-state index contributed by atoms with van der Waals surface area (Å²) >= 11 is 0.994. The van der Waals surface area contributed by atoms with E-state index in [-0.39, 0.29) is 4.21 Å². The lowest BCUT2D eigenvalue weighted by molar-refractivity contribution is 0.415. The molecule has 0 fully saturated rings. The highest BCUT2D eigenvalue weighted by Gasteiger charge is 2.13. The highest BCUT2D eigenvalue weighted by molar-refractivity contribution is 7.88. The van der Waals surface area contributed by atoms with Crippen molar-refractivity contribution in [1.29, 1.82) is 0 Å². The Balaban J connectivity index is 2.79. The van der Waals surface area contributed by atoms with Gasteiger partial charge in [-0.05, 0) is 30.7 Å². The predicted octanol–water partition coefficient (Wildman–Crippen LogP) is 2.12. The summed E-state index contributed by atoms with van der Waals surface area (Å²) in [6.07, 6.45) is 0. The maximum Gasteiger partial charge on any atom is 0.134 e. The molecule has 0 amide bonds. The zero-order valence-corrected chi connectivity index (χ0v) is 10.3. The lowest BCUT2D eigenvalue weighted by Gasteiger charge is -2.04. The molecule has 1 aromatic heterocycles. The largest absolute Gasteiger partial charge is 0.743 e. The number of hydrogen-bond acceptors (Lipinski definition) is 5. The SMILES string of the molecule is COc1ccc2sc(S(=O)(=O)[O-])c(C)c2c1. The molecule has 0 atom stereocenters. The van der Waals surface area contributed by atoms with Crippen LogP contribution in [0.1, 0.15) is 5.56 Å². The summed E-state index contributed by atoms with van der Waals surface area (Å²) in [5.74, 6) is 0.642. The van der Waals surface area contributed by atoms with Crippen molar-refractivity contribution in [3.63, 3.8) is 0 Å². The van der Waals surface area contributed by atoms with E-state index in [2.05, 4.69) is 0 Å². The van der Waals surface area contributed by atoms with E-state index in [0.29, 0.717) is 11.3 Å². The summed E-state index contributed by atoms with van der Waals surface area (Å²) in [4.78, 5) is 0. The molecule has 1 heterocycles. The van der Waals surface area contributed by atoms with Crippen molar-refractivity contribution in [2.75, 3.05) is 7.11 Å². The average Bonchev–Trinajstić information content (AvgIpc) is 2.55. The van der Waals surface area contributed by atoms with E-state index < -0.39 is 10.1 Å². The fourth-order valence-corrected chi connectivity index (χ4v) is 3.63. The monoisotopic (exact) mass is 257 g/mol. The Morgan fingerprint density at radius 3 is 2.62 bits per heavy atom. The average molecular weight is 257 g/mol. The normalized spacial score (nSPS) is 11.9. The van der Waals surface area contributed by atoms with Crippen LogP contribution in [-0.4, -0.2) is 20.1 Å². The molecule has 0 saturated carbocycles. The summed E-state index contributed by atoms with van der Waals surface area (Å²) in [6, 6.07) is 5.22. The van der Waals surface area contributed by atoms with Gasteiger partial charge in [0.1, 0.15) is 20.1 Å². The number of thiophene rings is 1. The van der Waals surface area contributed by atoms with Gasteiger partial charge in [-0.25, -0.2) is 8.42 Å². The minimum absolute atomic E-state index is 0.115. The van der Waals surface area contributed by atoms with E-state index in [4.69, 9.17) is 4.74 Å². The lowest BCUT2D eigenvalue weighted by atomic mass is 10.2. The van der Waals surface area contributed by atoms with Crippen LogP contribution >= 0.6 is 11.3 Å². The lowest BCUT2D eigenvalue weighted by Crippen LogP contribution is -1.96. The van der Waals surface area contributed by atoms with Gasteiger partial charge in [0.2, 0.25) is 0 Å². The smallest absolute Gasteiger partial charge is 0.134 e. The third kappa shape index (κ3) is 1.79. The van der Waals surface area contributed by atoms with Gasteiger partial charge in [-0.1, -0.05) is 0 Å². The molecule has 0 unspecified atom stereocenters. The van der Waals surface area contributed by atoms with Crippen LogP contribution in [0.4, 0.5) is 0 Å². The molecule has 2 aromatic rings. The van der Waals surface area contributed by atoms with Crippen LogP contribution in [0.5, 0.6) is 5.75 Å². The Morgan fingerprint density at radius 1 is 1.38 bits per heavy atom. The van der Waals surface area contributed by atoms with Gasteiger partial charge in [0.15, 0.2) is 0 Å². The first-order valence-electron chi connectivity index (χ1n) is 4.46. The Kier molecular flexibility index (Phi) is 2.65. The van der Waals surface area contributed by atoms with E-state index in [1.165, 1.54) is 7.11 Å². The Hall–Kier alpha value is -1.11. The first kappa shape index (κ1) is 11.4. The van der Waals surface area contributed by atoms with Crippen molar-refractivity contribution in [2.45, 2.75) is 11.1 Å². The molecule has 4 nitrogen and oxygen atoms in total. The number of methoxy groups -OCH3 is 1. The summed E-state index contributed by atoms with van der Waals surface area (Å²) < 4.78 is 38.7. The zero-order chi connectivity index (χ0) is 11.9. The molecule has 16 heavy (non-hydrogen) atoms. The molecule has 6 heteroatoms. The molecule has 0 aliphatic heterocycles. The first-order valence-corrected chi connectivity index (χ1v) is 6.69. The number of fused-ring (bicyclic) bond motifs is 1. The Morgan fingerprint density at radius 2 is 2.06 bits per heavy atom. The van der Waals surface area contributed by atoms with E-state index in [1.807, 2.05) is 0 Å². The molecule has 0 N–H and O–H groups in total. The summed E-state index contributed by atoms with van der Waals surface area (Å²) in [5.41, 5.74) is 0.494. The summed E-state index contributed by atoms with van der Waals surface area (Å²) in [6.45, 7) is 1.63. The highest BCUT2D eigenvalue weighted by Crippen LogP contribution is 2.35. The van der Waals surface area contributed by atoms with Crippen LogP contribution in [-0.2, 0) is 10.1 Å². The Labute approximate surface area is 97.2 Å². The van der Waals surface area contributed by atoms with Crippen LogP contribution < -0.4 is 4.74 Å². The molecule has 0 bridgehead atoms. The standard InChI is InChI=1S/C10H10O4S2/c1-6-8-5-7(14-2)3-4-9(8)15-10(6)16(11,12)13/h3-5H,1-2H3,(H,11,12,13)/p-1. The second kappa shape index (κ2) is 3.73. The topological polar surface area (TPSA) is 66.4 Å². The van der Waals surface area contributed by atoms with Crippen molar-refractivity contribution in [1.82, 2.24) is 0 Å². The molecule has 0 saturated heterocycles. The molecular weight excluding hydrogens is 248 g/mol. The second-order valence-corrected chi connectivity index (χ2v) is 5.96. The maximum absolute atomic E-state index is 11.0. The summed E-state index contributed by atoms with van der Waals surface area (Å²) in [5, 5.41) is 0.749. The van der Waals surface area contributed by atoms with Crippen LogP contribution in [0.25, 0.3) is 10.1 Å². The van der Waals surface area contributed by atoms with E-state index in [1.54, 1.807) is 25.1 Å². The van der Waals surface area contributed by atoms with E-state index in [9.17, 15) is 13.0 Å². The predicted molar refractivity (Wildman–Crippen MR) is 61.1 cm³/mol. The van der Waals surface area contributed by atoms with Crippen LogP contribution in [0, 0.1) is 6.92 Å². The van der Waals surface area contributed by atoms with Gasteiger partial charge in [0.25, 0.3) is 0 Å². The van der Waals surface area contributed by atoms with E-state index in [0.717, 1.165) is 21.4 Å². The molecule has 0 radical (unpaired) electrons. The molecular formula is C10H9O4S2-. The molecule has 0 aliphatic rings. The van der Waals surface area contributed by atoms with E-state index >= 15 is 0 Å². The van der Waals surface area contributed by atoms with Gasteiger partial charge in [-0.15, -0.1) is 11.3 Å². The minimum atomic E-state index is -4.39. The fourth-order valence-electron chi connectivity index (χ4n) is 1.54. The third-order valence-corrected chi connectivity index (χ3v) is 5.02. The van der Waals surface area contributed by atoms with Crippen molar-refractivity contribution in [3.05, 3.63) is 23.8 Å². The highest BCUT2D eigenvalue weighted by atomic mass is 32.3. The van der Waals surface area contributed by atoms with Crippen molar-refractivity contribution in [2.24, 2.45) is 0 Å². The summed E-state index contributed by atoms with van der Waals surface area (Å²) in [7, 11) is -2.85. The molecule has 86 valence electrons. The second-order valence-electron chi connectivity index (χ2n) is 3.33. The Bertz CT molecular complexity index is 640. The van der Waals surface area contributed by atoms with Crippen LogP contribution in [0.15, 0.2) is 22.4 Å². The van der Waals surface area contributed by atoms with Gasteiger partial charge in [0, 0.05) is 10.1 Å². The van der Waals surface area contributed by atoms with Crippen LogP contribution in [0.3, 0.4) is 0 Å². The van der Waals surface area contributed by atoms with Gasteiger partial charge in [0.05, 0.1) is 7.11 Å². The van der Waals surface area contributed by atoms with Crippen LogP contribution in [0.2, 0.25) is 0 Å². The number of benzene rings is 1. The van der Waals surface area contributed by atoms with Crippen molar-refractivity contribution < 1.29 is 17.7 Å². The number of ether oxygens (including phenoxy) is 1. The van der Waals surface area contributed by atoms with Crippen molar-refractivity contribution in [3.8, 4) is 5.75 Å². The van der Waals surface area contributed by atoms with Gasteiger partial charge in [-0.3, -0.25) is 0 Å². The minimum Gasteiger partial charge on any atom is -0.743 e. The molecule has 0 aliphatic carbocycles. The van der Waals surface area contributed by atoms with Gasteiger partial charge in [-0.2, -0.15) is 0 Å². The first-order chi connectivity index (χ1) is 7.43. The van der Waals surface area contributed by atoms with Gasteiger partial charge < -0.3 is 9.29 Å². The number of hydrogen-bond donors (Lipinski definition) is 0. The molecule has 1 aromatic carbocycles. The molecule has 0 spiro atoms. The van der Waals surface area contributed by atoms with Crippen molar-refractivity contribution >= 4 is 31.5 Å². The number of rotatable bonds is 2. The zero-order valence-electron chi connectivity index (χ0n) is 8.68. The maximum atomic E-state index is 11.0. The molecule has 2 rings (SSSR count). The third-order valence-electron chi connectivity index (χ3n) is 2.33. The quantitative estimate of drug-likeness (QED) is 0.773. The fraction of sp³-hybridized carbons (Fsp3) is 0.200. The number of aryl methyl sites for hydroxylation is 1. The van der Waals surface area contributed by atoms with Gasteiger partial charge >= 0.3 is 0 Å².